The molecule has 1 aromatic heterocycles. The highest BCUT2D eigenvalue weighted by molar-refractivity contribution is 6.31. The molecule has 1 saturated heterocycles. The fourth-order valence-corrected chi connectivity index (χ4v) is 2.89. The standard InChI is InChI=1S/C15H18ClN3O2/c16-10-1-2-13-12(5-10)9(7-18-13)3-4-17-15(21)14-6-11(20)8-19-14/h1-2,5,7,11,14,18-20H,3-4,6,8H2,(H,17,21)/t11-,14-/m1/s1. The van der Waals surface area contributed by atoms with Crippen molar-refractivity contribution in [3.63, 3.8) is 0 Å². The molecule has 0 radical (unpaired) electrons. The third kappa shape index (κ3) is 3.20. The predicted molar refractivity (Wildman–Crippen MR) is 82.4 cm³/mol. The summed E-state index contributed by atoms with van der Waals surface area (Å²) < 4.78 is 0. The van der Waals surface area contributed by atoms with Crippen LogP contribution >= 0.6 is 11.6 Å². The molecule has 0 unspecified atom stereocenters. The summed E-state index contributed by atoms with van der Waals surface area (Å²) in [7, 11) is 0. The van der Waals surface area contributed by atoms with Crippen LogP contribution in [-0.4, -0.2) is 41.2 Å². The molecular weight excluding hydrogens is 290 g/mol. The van der Waals surface area contributed by atoms with Crippen molar-refractivity contribution in [1.82, 2.24) is 15.6 Å². The molecule has 21 heavy (non-hydrogen) atoms. The van der Waals surface area contributed by atoms with Gasteiger partial charge in [-0.2, -0.15) is 0 Å². The van der Waals surface area contributed by atoms with Gasteiger partial charge in [0.2, 0.25) is 5.91 Å². The van der Waals surface area contributed by atoms with E-state index in [4.69, 9.17) is 11.6 Å². The van der Waals surface area contributed by atoms with Gasteiger partial charge in [-0.05, 0) is 36.6 Å². The Kier molecular flexibility index (Phi) is 4.14. The van der Waals surface area contributed by atoms with E-state index in [1.807, 2.05) is 24.4 Å². The number of hydrogen-bond acceptors (Lipinski definition) is 3. The average Bonchev–Trinajstić information content (AvgIpc) is 3.05. The number of carbonyl (C=O) groups is 1. The number of halogens is 1. The number of benzene rings is 1. The molecule has 1 fully saturated rings. The van der Waals surface area contributed by atoms with E-state index in [0.717, 1.165) is 22.9 Å². The highest BCUT2D eigenvalue weighted by atomic mass is 35.5. The molecule has 0 bridgehead atoms. The van der Waals surface area contributed by atoms with E-state index in [2.05, 4.69) is 15.6 Å². The Morgan fingerprint density at radius 3 is 3.10 bits per heavy atom. The lowest BCUT2D eigenvalue weighted by atomic mass is 10.1. The molecule has 0 saturated carbocycles. The third-order valence-electron chi connectivity index (χ3n) is 3.85. The van der Waals surface area contributed by atoms with Crippen molar-refractivity contribution >= 4 is 28.4 Å². The minimum absolute atomic E-state index is 0.0515. The summed E-state index contributed by atoms with van der Waals surface area (Å²) in [4.78, 5) is 15.1. The predicted octanol–water partition coefficient (Wildman–Crippen LogP) is 1.20. The molecule has 5 nitrogen and oxygen atoms in total. The summed E-state index contributed by atoms with van der Waals surface area (Å²) in [5.41, 5.74) is 2.17. The quantitative estimate of drug-likeness (QED) is 0.685. The van der Waals surface area contributed by atoms with E-state index in [1.54, 1.807) is 0 Å². The van der Waals surface area contributed by atoms with Crippen LogP contribution in [0.4, 0.5) is 0 Å². The van der Waals surface area contributed by atoms with E-state index in [9.17, 15) is 9.90 Å². The molecule has 112 valence electrons. The normalized spacial score (nSPS) is 21.8. The molecule has 2 aromatic rings. The molecule has 1 amide bonds. The Morgan fingerprint density at radius 1 is 1.48 bits per heavy atom. The van der Waals surface area contributed by atoms with Crippen molar-refractivity contribution in [3.8, 4) is 0 Å². The van der Waals surface area contributed by atoms with Crippen molar-refractivity contribution in [1.29, 1.82) is 0 Å². The van der Waals surface area contributed by atoms with E-state index in [0.29, 0.717) is 24.5 Å². The van der Waals surface area contributed by atoms with Crippen molar-refractivity contribution in [2.24, 2.45) is 0 Å². The first-order chi connectivity index (χ1) is 10.1. The van der Waals surface area contributed by atoms with Gasteiger partial charge in [0.1, 0.15) is 0 Å². The fourth-order valence-electron chi connectivity index (χ4n) is 2.72. The van der Waals surface area contributed by atoms with Gasteiger partial charge >= 0.3 is 0 Å². The maximum atomic E-state index is 11.9. The Morgan fingerprint density at radius 2 is 2.33 bits per heavy atom. The average molecular weight is 308 g/mol. The Bertz CT molecular complexity index is 655. The van der Waals surface area contributed by atoms with Gasteiger partial charge in [-0.3, -0.25) is 4.79 Å². The van der Waals surface area contributed by atoms with Gasteiger partial charge in [-0.1, -0.05) is 11.6 Å². The lowest BCUT2D eigenvalue weighted by Crippen LogP contribution is -2.41. The smallest absolute Gasteiger partial charge is 0.237 e. The summed E-state index contributed by atoms with van der Waals surface area (Å²) in [5.74, 6) is -0.0515. The molecule has 0 spiro atoms. The number of aromatic nitrogens is 1. The van der Waals surface area contributed by atoms with Crippen molar-refractivity contribution in [2.45, 2.75) is 25.0 Å². The highest BCUT2D eigenvalue weighted by Crippen LogP contribution is 2.22. The minimum Gasteiger partial charge on any atom is -0.392 e. The maximum Gasteiger partial charge on any atom is 0.237 e. The molecule has 0 aliphatic carbocycles. The second-order valence-corrected chi connectivity index (χ2v) is 5.83. The summed E-state index contributed by atoms with van der Waals surface area (Å²) in [5, 5.41) is 17.1. The molecule has 2 heterocycles. The second-order valence-electron chi connectivity index (χ2n) is 5.40. The van der Waals surface area contributed by atoms with Gasteiger partial charge in [-0.15, -0.1) is 0 Å². The summed E-state index contributed by atoms with van der Waals surface area (Å²) in [6.07, 6.45) is 2.75. The summed E-state index contributed by atoms with van der Waals surface area (Å²) in [6.45, 7) is 1.05. The van der Waals surface area contributed by atoms with Gasteiger partial charge < -0.3 is 20.7 Å². The first kappa shape index (κ1) is 14.4. The number of H-pyrrole nitrogens is 1. The maximum absolute atomic E-state index is 11.9. The van der Waals surface area contributed by atoms with Crippen molar-refractivity contribution in [2.75, 3.05) is 13.1 Å². The number of rotatable bonds is 4. The number of nitrogens with one attached hydrogen (secondary N) is 3. The van der Waals surface area contributed by atoms with Crippen molar-refractivity contribution in [3.05, 3.63) is 35.0 Å². The number of hydrogen-bond donors (Lipinski definition) is 4. The zero-order chi connectivity index (χ0) is 14.8. The summed E-state index contributed by atoms with van der Waals surface area (Å²) in [6, 6.07) is 5.45. The van der Waals surface area contributed by atoms with Crippen LogP contribution in [0, 0.1) is 0 Å². The minimum atomic E-state index is -0.420. The van der Waals surface area contributed by atoms with Gasteiger partial charge in [0.15, 0.2) is 0 Å². The molecular formula is C15H18ClN3O2. The second kappa shape index (κ2) is 6.05. The lowest BCUT2D eigenvalue weighted by Gasteiger charge is -2.10. The van der Waals surface area contributed by atoms with Crippen LogP contribution in [0.25, 0.3) is 10.9 Å². The Labute approximate surface area is 127 Å². The number of aliphatic hydroxyl groups is 1. The van der Waals surface area contributed by atoms with Gasteiger partial charge in [0.25, 0.3) is 0 Å². The number of fused-ring (bicyclic) bond motifs is 1. The highest BCUT2D eigenvalue weighted by Gasteiger charge is 2.27. The van der Waals surface area contributed by atoms with Crippen LogP contribution < -0.4 is 10.6 Å². The van der Waals surface area contributed by atoms with E-state index in [-0.39, 0.29) is 11.9 Å². The Hall–Kier alpha value is -1.56. The SMILES string of the molecule is O=C(NCCc1c[nH]c2ccc(Cl)cc12)[C@H]1C[C@@H](O)CN1. The zero-order valence-electron chi connectivity index (χ0n) is 11.5. The molecule has 3 rings (SSSR count). The molecule has 2 atom stereocenters. The molecule has 1 aliphatic heterocycles. The van der Waals surface area contributed by atoms with Crippen LogP contribution in [0.1, 0.15) is 12.0 Å². The number of carbonyl (C=O) groups excluding carboxylic acids is 1. The van der Waals surface area contributed by atoms with Crippen LogP contribution in [0.2, 0.25) is 5.02 Å². The van der Waals surface area contributed by atoms with Crippen LogP contribution in [0.3, 0.4) is 0 Å². The molecule has 6 heteroatoms. The summed E-state index contributed by atoms with van der Waals surface area (Å²) >= 11 is 6.02. The van der Waals surface area contributed by atoms with Crippen LogP contribution in [-0.2, 0) is 11.2 Å². The van der Waals surface area contributed by atoms with Gasteiger partial charge in [0, 0.05) is 35.2 Å². The number of aromatic amines is 1. The monoisotopic (exact) mass is 307 g/mol. The fraction of sp³-hybridized carbons (Fsp3) is 0.400. The largest absolute Gasteiger partial charge is 0.392 e. The van der Waals surface area contributed by atoms with E-state index < -0.39 is 6.10 Å². The van der Waals surface area contributed by atoms with Crippen molar-refractivity contribution < 1.29 is 9.90 Å². The number of amides is 1. The first-order valence-corrected chi connectivity index (χ1v) is 7.46. The molecule has 4 N–H and O–H groups in total. The zero-order valence-corrected chi connectivity index (χ0v) is 12.3. The van der Waals surface area contributed by atoms with E-state index >= 15 is 0 Å². The topological polar surface area (TPSA) is 77.2 Å². The third-order valence-corrected chi connectivity index (χ3v) is 4.08. The Balaban J connectivity index is 1.57. The van der Waals surface area contributed by atoms with Gasteiger partial charge in [0.05, 0.1) is 12.1 Å². The van der Waals surface area contributed by atoms with E-state index in [1.165, 1.54) is 0 Å². The number of aliphatic hydroxyl groups excluding tert-OH is 1. The number of β-amino-alcohol motifs (C(OH)–C–C–N with tert-alkyl or cyclic N) is 1. The van der Waals surface area contributed by atoms with Crippen LogP contribution in [0.5, 0.6) is 0 Å². The molecule has 1 aliphatic rings. The van der Waals surface area contributed by atoms with Crippen LogP contribution in [0.15, 0.2) is 24.4 Å². The lowest BCUT2D eigenvalue weighted by molar-refractivity contribution is -0.122. The molecule has 1 aromatic carbocycles. The van der Waals surface area contributed by atoms with Gasteiger partial charge in [-0.25, -0.2) is 0 Å². The first-order valence-electron chi connectivity index (χ1n) is 7.08.